The van der Waals surface area contributed by atoms with Crippen LogP contribution in [0.3, 0.4) is 0 Å². The van der Waals surface area contributed by atoms with Gasteiger partial charge in [-0.2, -0.15) is 5.26 Å². The Balaban J connectivity index is 2.00. The Hall–Kier alpha value is -2.42. The number of nitriles is 1. The molecule has 2 rings (SSSR count). The van der Waals surface area contributed by atoms with Crippen LogP contribution in [0.2, 0.25) is 0 Å². The number of rotatable bonds is 4. The van der Waals surface area contributed by atoms with Crippen LogP contribution in [0.1, 0.15) is 5.56 Å². The highest BCUT2D eigenvalue weighted by Crippen LogP contribution is 2.17. The van der Waals surface area contributed by atoms with Crippen LogP contribution in [0.4, 0.5) is 10.1 Å². The molecule has 0 saturated heterocycles. The molecule has 0 aliphatic carbocycles. The molecule has 2 aromatic rings. The van der Waals surface area contributed by atoms with E-state index in [9.17, 15) is 4.39 Å². The highest BCUT2D eigenvalue weighted by atomic mass is 19.1. The van der Waals surface area contributed by atoms with Gasteiger partial charge < -0.3 is 5.32 Å². The van der Waals surface area contributed by atoms with Crippen molar-refractivity contribution >= 4 is 5.69 Å². The zero-order valence-electron chi connectivity index (χ0n) is 8.97. The van der Waals surface area contributed by atoms with Crippen LogP contribution in [-0.4, -0.2) is 21.5 Å². The Kier molecular flexibility index (Phi) is 3.31. The van der Waals surface area contributed by atoms with Crippen LogP contribution in [-0.2, 0) is 6.54 Å². The summed E-state index contributed by atoms with van der Waals surface area (Å²) >= 11 is 0. The van der Waals surface area contributed by atoms with E-state index in [2.05, 4.69) is 15.6 Å². The van der Waals surface area contributed by atoms with Crippen LogP contribution in [0.15, 0.2) is 30.6 Å². The van der Waals surface area contributed by atoms with E-state index in [4.69, 9.17) is 5.26 Å². The molecular formula is C11H10FN5. The van der Waals surface area contributed by atoms with E-state index < -0.39 is 5.82 Å². The molecule has 1 heterocycles. The van der Waals surface area contributed by atoms with E-state index >= 15 is 0 Å². The fourth-order valence-electron chi connectivity index (χ4n) is 1.44. The Labute approximate surface area is 97.5 Å². The molecule has 0 fully saturated rings. The van der Waals surface area contributed by atoms with Crippen molar-refractivity contribution in [2.75, 3.05) is 11.9 Å². The van der Waals surface area contributed by atoms with Gasteiger partial charge in [-0.3, -0.25) is 4.68 Å². The molecule has 0 amide bonds. The lowest BCUT2D eigenvalue weighted by molar-refractivity contribution is 0.607. The molecule has 1 aromatic heterocycles. The lowest BCUT2D eigenvalue weighted by atomic mass is 10.2. The second-order valence-corrected chi connectivity index (χ2v) is 3.37. The summed E-state index contributed by atoms with van der Waals surface area (Å²) in [4.78, 5) is 0. The molecule has 86 valence electrons. The van der Waals surface area contributed by atoms with Gasteiger partial charge in [-0.1, -0.05) is 11.3 Å². The summed E-state index contributed by atoms with van der Waals surface area (Å²) in [6, 6.07) is 6.33. The van der Waals surface area contributed by atoms with E-state index in [1.54, 1.807) is 29.2 Å². The van der Waals surface area contributed by atoms with Gasteiger partial charge in [0, 0.05) is 12.7 Å². The molecule has 5 nitrogen and oxygen atoms in total. The fourth-order valence-corrected chi connectivity index (χ4v) is 1.44. The molecule has 1 N–H and O–H groups in total. The molecule has 0 aliphatic heterocycles. The Morgan fingerprint density at radius 1 is 1.47 bits per heavy atom. The minimum absolute atomic E-state index is 0.0334. The molecule has 0 radical (unpaired) electrons. The standard InChI is InChI=1S/C11H10FN5/c12-10-2-1-3-11(9(10)8-13)14-4-6-17-7-5-15-16-17/h1-3,5,7,14H,4,6H2. The molecule has 6 heteroatoms. The Morgan fingerprint density at radius 2 is 2.35 bits per heavy atom. The van der Waals surface area contributed by atoms with Crippen molar-refractivity contribution in [3.8, 4) is 6.07 Å². The third-order valence-electron chi connectivity index (χ3n) is 2.25. The predicted octanol–water partition coefficient (Wildman–Crippen LogP) is 1.40. The maximum Gasteiger partial charge on any atom is 0.143 e. The summed E-state index contributed by atoms with van der Waals surface area (Å²) in [5.74, 6) is -0.516. The van der Waals surface area contributed by atoms with E-state index in [0.717, 1.165) is 0 Å². The largest absolute Gasteiger partial charge is 0.382 e. The zero-order chi connectivity index (χ0) is 12.1. The summed E-state index contributed by atoms with van der Waals surface area (Å²) in [7, 11) is 0. The summed E-state index contributed by atoms with van der Waals surface area (Å²) in [6.45, 7) is 1.14. The SMILES string of the molecule is N#Cc1c(F)cccc1NCCn1ccnn1. The lowest BCUT2D eigenvalue weighted by Gasteiger charge is -2.08. The molecule has 0 atom stereocenters. The maximum absolute atomic E-state index is 13.3. The van der Waals surface area contributed by atoms with Crippen molar-refractivity contribution < 1.29 is 4.39 Å². The highest BCUT2D eigenvalue weighted by molar-refractivity contribution is 5.57. The van der Waals surface area contributed by atoms with Gasteiger partial charge in [0.25, 0.3) is 0 Å². The minimum Gasteiger partial charge on any atom is -0.382 e. The van der Waals surface area contributed by atoms with Gasteiger partial charge in [0.2, 0.25) is 0 Å². The minimum atomic E-state index is -0.516. The van der Waals surface area contributed by atoms with Crippen LogP contribution in [0.5, 0.6) is 0 Å². The van der Waals surface area contributed by atoms with E-state index in [0.29, 0.717) is 18.8 Å². The monoisotopic (exact) mass is 231 g/mol. The van der Waals surface area contributed by atoms with Crippen molar-refractivity contribution in [3.63, 3.8) is 0 Å². The average Bonchev–Trinajstić information content (AvgIpc) is 2.82. The Bertz CT molecular complexity index is 529. The van der Waals surface area contributed by atoms with Gasteiger partial charge in [-0.15, -0.1) is 5.10 Å². The van der Waals surface area contributed by atoms with E-state index in [1.165, 1.54) is 6.07 Å². The number of anilines is 1. The van der Waals surface area contributed by atoms with Crippen LogP contribution < -0.4 is 5.32 Å². The Morgan fingerprint density at radius 3 is 3.06 bits per heavy atom. The topological polar surface area (TPSA) is 66.5 Å². The van der Waals surface area contributed by atoms with Gasteiger partial charge in [-0.05, 0) is 12.1 Å². The average molecular weight is 231 g/mol. The van der Waals surface area contributed by atoms with Crippen LogP contribution >= 0.6 is 0 Å². The summed E-state index contributed by atoms with van der Waals surface area (Å²) < 4.78 is 14.9. The molecule has 0 unspecified atom stereocenters. The van der Waals surface area contributed by atoms with Gasteiger partial charge in [0.1, 0.15) is 17.4 Å². The molecule has 17 heavy (non-hydrogen) atoms. The van der Waals surface area contributed by atoms with Gasteiger partial charge >= 0.3 is 0 Å². The summed E-state index contributed by atoms with van der Waals surface area (Å²) in [6.07, 6.45) is 3.32. The van der Waals surface area contributed by atoms with Gasteiger partial charge in [0.05, 0.1) is 18.4 Å². The molecule has 0 aliphatic rings. The number of halogens is 1. The first-order valence-electron chi connectivity index (χ1n) is 5.08. The first kappa shape index (κ1) is 11.1. The second kappa shape index (κ2) is 5.07. The first-order valence-corrected chi connectivity index (χ1v) is 5.08. The van der Waals surface area contributed by atoms with Crippen LogP contribution in [0, 0.1) is 17.1 Å². The van der Waals surface area contributed by atoms with E-state index in [-0.39, 0.29) is 5.56 Å². The molecular weight excluding hydrogens is 221 g/mol. The maximum atomic E-state index is 13.3. The lowest BCUT2D eigenvalue weighted by Crippen LogP contribution is -2.12. The number of nitrogens with zero attached hydrogens (tertiary/aromatic N) is 4. The van der Waals surface area contributed by atoms with Crippen molar-refractivity contribution in [1.29, 1.82) is 5.26 Å². The van der Waals surface area contributed by atoms with Crippen molar-refractivity contribution in [2.45, 2.75) is 6.54 Å². The number of benzene rings is 1. The quantitative estimate of drug-likeness (QED) is 0.863. The predicted molar refractivity (Wildman–Crippen MR) is 59.6 cm³/mol. The highest BCUT2D eigenvalue weighted by Gasteiger charge is 2.06. The second-order valence-electron chi connectivity index (χ2n) is 3.37. The molecule has 0 spiro atoms. The fraction of sp³-hybridized carbons (Fsp3) is 0.182. The first-order chi connectivity index (χ1) is 8.31. The number of aromatic nitrogens is 3. The van der Waals surface area contributed by atoms with E-state index in [1.807, 2.05) is 6.07 Å². The van der Waals surface area contributed by atoms with Crippen molar-refractivity contribution in [3.05, 3.63) is 42.0 Å². The number of hydrogen-bond acceptors (Lipinski definition) is 4. The summed E-state index contributed by atoms with van der Waals surface area (Å²) in [5.41, 5.74) is 0.527. The molecule has 0 bridgehead atoms. The smallest absolute Gasteiger partial charge is 0.143 e. The van der Waals surface area contributed by atoms with Gasteiger partial charge in [-0.25, -0.2) is 4.39 Å². The van der Waals surface area contributed by atoms with Crippen molar-refractivity contribution in [1.82, 2.24) is 15.0 Å². The zero-order valence-corrected chi connectivity index (χ0v) is 8.97. The van der Waals surface area contributed by atoms with Crippen molar-refractivity contribution in [2.24, 2.45) is 0 Å². The third kappa shape index (κ3) is 2.58. The normalized spacial score (nSPS) is 9.88. The molecule has 1 aromatic carbocycles. The number of nitrogens with one attached hydrogen (secondary N) is 1. The van der Waals surface area contributed by atoms with Crippen LogP contribution in [0.25, 0.3) is 0 Å². The van der Waals surface area contributed by atoms with Gasteiger partial charge in [0.15, 0.2) is 0 Å². The third-order valence-corrected chi connectivity index (χ3v) is 2.25. The number of hydrogen-bond donors (Lipinski definition) is 1. The molecule has 0 saturated carbocycles. The summed E-state index contributed by atoms with van der Waals surface area (Å²) in [5, 5.41) is 19.3.